The Bertz CT molecular complexity index is 914. The van der Waals surface area contributed by atoms with Crippen LogP contribution in [-0.2, 0) is 6.18 Å². The molecule has 0 radical (unpaired) electrons. The van der Waals surface area contributed by atoms with E-state index in [4.69, 9.17) is 0 Å². The van der Waals surface area contributed by atoms with Crippen LogP contribution < -0.4 is 5.56 Å². The first kappa shape index (κ1) is 15.7. The molecule has 3 aromatic rings. The van der Waals surface area contributed by atoms with Gasteiger partial charge in [0, 0.05) is 6.20 Å². The normalized spacial score (nSPS) is 12.0. The maximum Gasteiger partial charge on any atom is 0.435 e. The van der Waals surface area contributed by atoms with Crippen LogP contribution >= 0.6 is 0 Å². The van der Waals surface area contributed by atoms with Crippen molar-refractivity contribution in [2.24, 2.45) is 10.2 Å². The highest BCUT2D eigenvalue weighted by atomic mass is 19.4. The molecule has 0 amide bonds. The van der Waals surface area contributed by atoms with Crippen molar-refractivity contribution in [3.8, 4) is 5.69 Å². The summed E-state index contributed by atoms with van der Waals surface area (Å²) in [5, 5.41) is 9.19. The van der Waals surface area contributed by atoms with Gasteiger partial charge in [0.05, 0.1) is 11.9 Å². The number of alkyl halides is 3. The van der Waals surface area contributed by atoms with E-state index >= 15 is 0 Å². The Morgan fingerprint density at radius 3 is 2.42 bits per heavy atom. The predicted octanol–water partition coefficient (Wildman–Crippen LogP) is 3.99. The fraction of sp³-hybridized carbons (Fsp3) is 0.0667. The maximum absolute atomic E-state index is 13.2. The van der Waals surface area contributed by atoms with E-state index in [1.54, 1.807) is 24.3 Å². The van der Waals surface area contributed by atoms with Crippen LogP contribution in [0.4, 0.5) is 24.5 Å². The third kappa shape index (κ3) is 3.09. The molecule has 0 fully saturated rings. The minimum absolute atomic E-state index is 0.234. The third-order valence-electron chi connectivity index (χ3n) is 3.08. The van der Waals surface area contributed by atoms with E-state index in [9.17, 15) is 18.0 Å². The Labute approximate surface area is 133 Å². The number of para-hydroxylation sites is 1. The number of rotatable bonds is 3. The van der Waals surface area contributed by atoms with Crippen LogP contribution in [0.5, 0.6) is 0 Å². The molecule has 0 aliphatic rings. The van der Waals surface area contributed by atoms with Gasteiger partial charge in [-0.25, -0.2) is 4.68 Å². The number of H-pyrrole nitrogens is 1. The SMILES string of the molecule is O=c1c(N=Nc2cccnc2)c(C(F)(F)F)[nH]n1-c1ccccc1. The van der Waals surface area contributed by atoms with Gasteiger partial charge in [0.2, 0.25) is 0 Å². The smallest absolute Gasteiger partial charge is 0.284 e. The monoisotopic (exact) mass is 333 g/mol. The topological polar surface area (TPSA) is 75.4 Å². The zero-order valence-electron chi connectivity index (χ0n) is 12.0. The van der Waals surface area contributed by atoms with Crippen molar-refractivity contribution in [2.45, 2.75) is 6.18 Å². The summed E-state index contributed by atoms with van der Waals surface area (Å²) in [6.07, 6.45) is -1.97. The van der Waals surface area contributed by atoms with Crippen molar-refractivity contribution in [1.82, 2.24) is 14.8 Å². The zero-order valence-corrected chi connectivity index (χ0v) is 12.0. The molecular formula is C15H10F3N5O. The number of nitrogens with zero attached hydrogens (tertiary/aromatic N) is 4. The van der Waals surface area contributed by atoms with E-state index in [0.29, 0.717) is 0 Å². The number of halogens is 3. The van der Waals surface area contributed by atoms with Gasteiger partial charge < -0.3 is 0 Å². The van der Waals surface area contributed by atoms with Gasteiger partial charge in [-0.2, -0.15) is 13.2 Å². The van der Waals surface area contributed by atoms with Gasteiger partial charge in [-0.15, -0.1) is 10.2 Å². The molecule has 0 spiro atoms. The summed E-state index contributed by atoms with van der Waals surface area (Å²) in [6, 6.07) is 11.0. The van der Waals surface area contributed by atoms with Crippen LogP contribution in [0.3, 0.4) is 0 Å². The van der Waals surface area contributed by atoms with Crippen LogP contribution in [0, 0.1) is 0 Å². The van der Waals surface area contributed by atoms with Gasteiger partial charge in [0.25, 0.3) is 5.56 Å². The minimum Gasteiger partial charge on any atom is -0.284 e. The molecule has 0 saturated carbocycles. The maximum atomic E-state index is 13.2. The average Bonchev–Trinajstić information content (AvgIpc) is 2.92. The van der Waals surface area contributed by atoms with Crippen molar-refractivity contribution in [1.29, 1.82) is 0 Å². The molecule has 122 valence electrons. The molecule has 2 aromatic heterocycles. The quantitative estimate of drug-likeness (QED) is 0.736. The molecule has 2 heterocycles. The largest absolute Gasteiger partial charge is 0.435 e. The van der Waals surface area contributed by atoms with E-state index in [-0.39, 0.29) is 11.4 Å². The number of azo groups is 1. The van der Waals surface area contributed by atoms with Crippen molar-refractivity contribution in [3.05, 3.63) is 70.9 Å². The fourth-order valence-corrected chi connectivity index (χ4v) is 2.00. The summed E-state index contributed by atoms with van der Waals surface area (Å²) in [5.74, 6) is 0. The molecule has 1 aromatic carbocycles. The van der Waals surface area contributed by atoms with Gasteiger partial charge in [0.1, 0.15) is 5.69 Å². The molecule has 3 rings (SSSR count). The van der Waals surface area contributed by atoms with Crippen LogP contribution in [-0.4, -0.2) is 14.8 Å². The van der Waals surface area contributed by atoms with Crippen molar-refractivity contribution in [3.63, 3.8) is 0 Å². The Hall–Kier alpha value is -3.23. The number of benzene rings is 1. The molecule has 0 bridgehead atoms. The number of pyridine rings is 1. The summed E-state index contributed by atoms with van der Waals surface area (Å²) in [6.45, 7) is 0. The lowest BCUT2D eigenvalue weighted by Gasteiger charge is -2.04. The average molecular weight is 333 g/mol. The van der Waals surface area contributed by atoms with Gasteiger partial charge >= 0.3 is 6.18 Å². The first-order valence-electron chi connectivity index (χ1n) is 6.76. The molecule has 24 heavy (non-hydrogen) atoms. The second-order valence-corrected chi connectivity index (χ2v) is 4.72. The van der Waals surface area contributed by atoms with E-state index in [2.05, 4.69) is 20.3 Å². The van der Waals surface area contributed by atoms with Gasteiger partial charge in [-0.3, -0.25) is 14.9 Å². The summed E-state index contributed by atoms with van der Waals surface area (Å²) in [4.78, 5) is 16.1. The Morgan fingerprint density at radius 2 is 1.79 bits per heavy atom. The van der Waals surface area contributed by atoms with Crippen LogP contribution in [0.2, 0.25) is 0 Å². The molecule has 0 saturated heterocycles. The molecule has 1 N–H and O–H groups in total. The van der Waals surface area contributed by atoms with E-state index in [1.165, 1.54) is 30.6 Å². The Morgan fingerprint density at radius 1 is 1.04 bits per heavy atom. The molecule has 0 atom stereocenters. The molecule has 0 aliphatic heterocycles. The van der Waals surface area contributed by atoms with E-state index in [0.717, 1.165) is 4.68 Å². The van der Waals surface area contributed by atoms with Crippen LogP contribution in [0.15, 0.2) is 69.9 Å². The molecule has 9 heteroatoms. The number of hydrogen-bond acceptors (Lipinski definition) is 4. The highest BCUT2D eigenvalue weighted by molar-refractivity contribution is 5.45. The van der Waals surface area contributed by atoms with E-state index in [1.807, 2.05) is 0 Å². The highest BCUT2D eigenvalue weighted by Gasteiger charge is 2.38. The standard InChI is InChI=1S/C15H10F3N5O/c16-15(17,18)13-12(21-20-10-5-4-8-19-9-10)14(24)23(22-13)11-6-2-1-3-7-11/h1-9,22H. The number of aromatic nitrogens is 3. The van der Waals surface area contributed by atoms with Gasteiger partial charge in [-0.1, -0.05) is 18.2 Å². The van der Waals surface area contributed by atoms with Crippen molar-refractivity contribution < 1.29 is 13.2 Å². The Balaban J connectivity index is 2.12. The zero-order chi connectivity index (χ0) is 17.2. The predicted molar refractivity (Wildman–Crippen MR) is 79.8 cm³/mol. The Kier molecular flexibility index (Phi) is 3.98. The fourth-order valence-electron chi connectivity index (χ4n) is 2.00. The number of aromatic amines is 1. The molecule has 0 aliphatic carbocycles. The van der Waals surface area contributed by atoms with Crippen molar-refractivity contribution in [2.75, 3.05) is 0 Å². The van der Waals surface area contributed by atoms with Crippen molar-refractivity contribution >= 4 is 11.4 Å². The summed E-state index contributed by atoms with van der Waals surface area (Å²) in [5.41, 5.74) is -2.52. The lowest BCUT2D eigenvalue weighted by atomic mass is 10.3. The third-order valence-corrected chi connectivity index (χ3v) is 3.08. The van der Waals surface area contributed by atoms with Crippen LogP contribution in [0.25, 0.3) is 5.69 Å². The first-order valence-corrected chi connectivity index (χ1v) is 6.76. The summed E-state index contributed by atoms with van der Waals surface area (Å²) in [7, 11) is 0. The summed E-state index contributed by atoms with van der Waals surface area (Å²) < 4.78 is 40.3. The lowest BCUT2D eigenvalue weighted by molar-refractivity contribution is -0.140. The molecule has 6 nitrogen and oxygen atoms in total. The molecular weight excluding hydrogens is 323 g/mol. The van der Waals surface area contributed by atoms with Crippen LogP contribution in [0.1, 0.15) is 5.69 Å². The second-order valence-electron chi connectivity index (χ2n) is 4.72. The number of hydrogen-bond donors (Lipinski definition) is 1. The number of nitrogens with one attached hydrogen (secondary N) is 1. The first-order chi connectivity index (χ1) is 11.5. The highest BCUT2D eigenvalue weighted by Crippen LogP contribution is 2.34. The lowest BCUT2D eigenvalue weighted by Crippen LogP contribution is -2.13. The molecule has 0 unspecified atom stereocenters. The second kappa shape index (κ2) is 6.11. The van der Waals surface area contributed by atoms with Gasteiger partial charge in [0.15, 0.2) is 11.4 Å². The van der Waals surface area contributed by atoms with E-state index < -0.39 is 23.1 Å². The minimum atomic E-state index is -4.78. The van der Waals surface area contributed by atoms with Gasteiger partial charge in [-0.05, 0) is 24.3 Å². The summed E-state index contributed by atoms with van der Waals surface area (Å²) >= 11 is 0.